The van der Waals surface area contributed by atoms with Crippen LogP contribution < -0.4 is 16.4 Å². The number of aromatic nitrogens is 3. The van der Waals surface area contributed by atoms with Crippen LogP contribution in [0.15, 0.2) is 47.3 Å². The lowest BCUT2D eigenvalue weighted by molar-refractivity contribution is -0.141. The second-order valence-electron chi connectivity index (χ2n) is 19.3. The highest BCUT2D eigenvalue weighted by Crippen LogP contribution is 2.42. The Kier molecular flexibility index (Phi) is 15.3. The number of nitrogens with one attached hydrogen (secondary N) is 3. The number of primary amides is 1. The maximum Gasteiger partial charge on any atom is 0.435 e. The van der Waals surface area contributed by atoms with Gasteiger partial charge in [0, 0.05) is 55.2 Å². The minimum atomic E-state index is -4.87. The first kappa shape index (κ1) is 52.1. The summed E-state index contributed by atoms with van der Waals surface area (Å²) in [6, 6.07) is 3.76. The molecule has 71 heavy (non-hydrogen) atoms. The van der Waals surface area contributed by atoms with Gasteiger partial charge in [0.2, 0.25) is 0 Å². The molecule has 7 rings (SSSR count). The molecule has 0 radical (unpaired) electrons. The van der Waals surface area contributed by atoms with Gasteiger partial charge in [0.15, 0.2) is 11.5 Å². The number of halogens is 4. The molecule has 2 aromatic heterocycles. The summed E-state index contributed by atoms with van der Waals surface area (Å²) in [5.74, 6) is -2.82. The van der Waals surface area contributed by atoms with Crippen molar-refractivity contribution in [2.75, 3.05) is 51.7 Å². The highest BCUT2D eigenvalue weighted by molar-refractivity contribution is 6.08. The van der Waals surface area contributed by atoms with Gasteiger partial charge in [-0.2, -0.15) is 18.3 Å². The molecule has 1 atom stereocenters. The summed E-state index contributed by atoms with van der Waals surface area (Å²) in [5, 5.41) is 10.0. The number of hydrogen-bond donors (Lipinski definition) is 4. The van der Waals surface area contributed by atoms with Gasteiger partial charge in [0.1, 0.15) is 18.5 Å². The molecule has 5 amide bonds. The minimum absolute atomic E-state index is 0.00264. The van der Waals surface area contributed by atoms with Crippen LogP contribution in [0.4, 0.5) is 32.8 Å². The van der Waals surface area contributed by atoms with Crippen molar-refractivity contribution in [2.24, 2.45) is 11.1 Å². The zero-order valence-corrected chi connectivity index (χ0v) is 41.0. The predicted octanol–water partition coefficient (Wildman–Crippen LogP) is 7.57. The Labute approximate surface area is 408 Å². The van der Waals surface area contributed by atoms with E-state index in [1.807, 2.05) is 18.7 Å². The van der Waals surface area contributed by atoms with Crippen molar-refractivity contribution in [3.8, 4) is 5.69 Å². The number of aryl methyl sites for hydroxylation is 1. The van der Waals surface area contributed by atoms with Crippen LogP contribution in [0.3, 0.4) is 0 Å². The Morgan fingerprint density at radius 1 is 1.01 bits per heavy atom. The number of nitrogens with zero attached hydrogens (tertiary/aromatic N) is 5. The van der Waals surface area contributed by atoms with Gasteiger partial charge in [-0.1, -0.05) is 27.7 Å². The second kappa shape index (κ2) is 20.9. The number of allylic oxidation sites excluding steroid dienone is 2. The third kappa shape index (κ3) is 11.4. The first-order chi connectivity index (χ1) is 33.5. The average molecular weight is 992 g/mol. The predicted molar refractivity (Wildman–Crippen MR) is 255 cm³/mol. The van der Waals surface area contributed by atoms with Gasteiger partial charge in [-0.25, -0.2) is 23.6 Å². The minimum Gasteiger partial charge on any atom is -0.447 e. The molecular formula is C50H61F4N9O8. The van der Waals surface area contributed by atoms with Gasteiger partial charge in [-0.3, -0.25) is 19.2 Å². The number of anilines is 1. The van der Waals surface area contributed by atoms with Crippen LogP contribution in [-0.2, 0) is 26.9 Å². The lowest BCUT2D eigenvalue weighted by Gasteiger charge is -2.31. The van der Waals surface area contributed by atoms with E-state index < -0.39 is 64.6 Å². The van der Waals surface area contributed by atoms with Crippen molar-refractivity contribution >= 4 is 47.5 Å². The molecule has 2 fully saturated rings. The fraction of sp³-hybridized carbons (Fsp3) is 0.500. The van der Waals surface area contributed by atoms with Crippen LogP contribution in [0.5, 0.6) is 0 Å². The Bertz CT molecular complexity index is 2710. The van der Waals surface area contributed by atoms with Crippen molar-refractivity contribution in [3.05, 3.63) is 92.4 Å². The van der Waals surface area contributed by atoms with Gasteiger partial charge in [-0.05, 0) is 118 Å². The lowest BCUT2D eigenvalue weighted by Crippen LogP contribution is -2.44. The molecule has 1 unspecified atom stereocenters. The number of imide groups is 1. The number of ketones is 1. The normalized spacial score (nSPS) is 20.2. The van der Waals surface area contributed by atoms with Gasteiger partial charge in [0.25, 0.3) is 17.7 Å². The summed E-state index contributed by atoms with van der Waals surface area (Å²) in [6.07, 6.45) is -0.351. The zero-order valence-electron chi connectivity index (χ0n) is 41.0. The van der Waals surface area contributed by atoms with E-state index in [-0.39, 0.29) is 84.3 Å². The molecule has 3 heterocycles. The smallest absolute Gasteiger partial charge is 0.435 e. The van der Waals surface area contributed by atoms with Gasteiger partial charge in [0.05, 0.1) is 40.7 Å². The number of aromatic amines is 1. The fourth-order valence-corrected chi connectivity index (χ4v) is 9.73. The second-order valence-corrected chi connectivity index (χ2v) is 19.3. The van der Waals surface area contributed by atoms with Crippen molar-refractivity contribution in [1.82, 2.24) is 34.8 Å². The first-order valence-electron chi connectivity index (χ1n) is 23.8. The summed E-state index contributed by atoms with van der Waals surface area (Å²) in [7, 11) is 1.49. The maximum atomic E-state index is 14.2. The number of nitrogens with two attached hydrogens (primary N) is 1. The van der Waals surface area contributed by atoms with Crippen LogP contribution in [0.1, 0.15) is 126 Å². The number of carbonyl (C=O) groups is 6. The molecule has 5 N–H and O–H groups in total. The van der Waals surface area contributed by atoms with Crippen LogP contribution >= 0.6 is 0 Å². The van der Waals surface area contributed by atoms with E-state index in [2.05, 4.69) is 20.7 Å². The zero-order chi connectivity index (χ0) is 51.7. The standard InChI is InChI=1S/C50H61F4N9O8/c1-8-61(9-2)18-19-62(46(67)41-27(3)37(56-28(41)4)24-35-34-22-29(51)10-17-36(34)58-45(35)66)48(69)70-21-20-60(7)47(68)71-32-14-11-30(12-15-32)57-38-23-31(13-16-33(38)44(55)65)63-39-25-49(5,6)26-40(64)42(39)43(59-63)50(52,53)54/h10,13,16,22-24,30,32,36,56-57H,8-9,11-12,14-15,17-21,25-26H2,1-7H3,(H2,55,65)(H,58,66)/b35-24-. The summed E-state index contributed by atoms with van der Waals surface area (Å²) < 4.78 is 69.1. The Hall–Kier alpha value is -6.77. The quantitative estimate of drug-likeness (QED) is 0.0861. The number of ether oxygens (including phenoxy) is 2. The van der Waals surface area contributed by atoms with Crippen molar-refractivity contribution in [3.63, 3.8) is 0 Å². The van der Waals surface area contributed by atoms with E-state index >= 15 is 0 Å². The summed E-state index contributed by atoms with van der Waals surface area (Å²) >= 11 is 0. The van der Waals surface area contributed by atoms with Crippen LogP contribution in [-0.4, -0.2) is 130 Å². The van der Waals surface area contributed by atoms with E-state index in [9.17, 15) is 46.3 Å². The van der Waals surface area contributed by atoms with Gasteiger partial charge < -0.3 is 40.6 Å². The van der Waals surface area contributed by atoms with Crippen molar-refractivity contribution < 1.29 is 55.8 Å². The number of benzene rings is 1. The van der Waals surface area contributed by atoms with E-state index in [0.717, 1.165) is 9.58 Å². The fourth-order valence-electron chi connectivity index (χ4n) is 9.73. The van der Waals surface area contributed by atoms with E-state index in [1.165, 1.54) is 42.3 Å². The van der Waals surface area contributed by atoms with E-state index in [0.29, 0.717) is 74.3 Å². The molecule has 3 aliphatic carbocycles. The third-order valence-corrected chi connectivity index (χ3v) is 13.6. The van der Waals surface area contributed by atoms with Crippen LogP contribution in [0.25, 0.3) is 11.8 Å². The SMILES string of the molecule is CCN(CC)CCN(C(=O)OCCN(C)C(=O)OC1CCC(Nc2cc(-n3nc(C(F)(F)F)c4c3CC(C)(C)CC4=O)ccc2C(N)=O)CC1)C(=O)c1c(C)[nH]c(/C=C2\C(=O)NC3CC=C(F)C=C23)c1C. The molecule has 4 aliphatic rings. The molecule has 1 aliphatic heterocycles. The van der Waals surface area contributed by atoms with Crippen LogP contribution in [0.2, 0.25) is 0 Å². The topological polar surface area (TPSA) is 214 Å². The molecule has 0 spiro atoms. The third-order valence-electron chi connectivity index (χ3n) is 13.6. The maximum absolute atomic E-state index is 14.2. The molecule has 1 aromatic carbocycles. The largest absolute Gasteiger partial charge is 0.447 e. The monoisotopic (exact) mass is 991 g/mol. The van der Waals surface area contributed by atoms with Crippen molar-refractivity contribution in [2.45, 2.75) is 111 Å². The average Bonchev–Trinajstić information content (AvgIpc) is 3.94. The number of carbonyl (C=O) groups excluding carboxylic acids is 6. The van der Waals surface area contributed by atoms with Crippen molar-refractivity contribution in [1.29, 1.82) is 0 Å². The molecule has 1 saturated carbocycles. The number of rotatable bonds is 15. The number of fused-ring (bicyclic) bond motifs is 2. The number of alkyl halides is 3. The molecule has 1 saturated heterocycles. The molecule has 21 heteroatoms. The van der Waals surface area contributed by atoms with Crippen LogP contribution in [0, 0.1) is 19.3 Å². The number of amides is 5. The molecule has 382 valence electrons. The number of H-pyrrole nitrogens is 1. The first-order valence-corrected chi connectivity index (χ1v) is 23.8. The summed E-state index contributed by atoms with van der Waals surface area (Å²) in [4.78, 5) is 87.1. The Morgan fingerprint density at radius 2 is 1.72 bits per heavy atom. The molecule has 17 nitrogen and oxygen atoms in total. The number of Topliss-reactive ketones (excluding diaryl/α,β-unsaturated/α-hetero) is 1. The Morgan fingerprint density at radius 3 is 2.38 bits per heavy atom. The molecule has 3 aromatic rings. The number of likely N-dealkylation sites (N-methyl/N-ethyl adjacent to an activating group) is 2. The van der Waals surface area contributed by atoms with Gasteiger partial charge >= 0.3 is 18.4 Å². The molecular weight excluding hydrogens is 931 g/mol. The Balaban J connectivity index is 0.956. The lowest BCUT2D eigenvalue weighted by atomic mass is 9.75. The van der Waals surface area contributed by atoms with E-state index in [4.69, 9.17) is 15.2 Å². The highest BCUT2D eigenvalue weighted by atomic mass is 19.4. The summed E-state index contributed by atoms with van der Waals surface area (Å²) in [5.41, 5.74) is 6.55. The highest BCUT2D eigenvalue weighted by Gasteiger charge is 2.46. The molecule has 0 bridgehead atoms. The summed E-state index contributed by atoms with van der Waals surface area (Å²) in [6.45, 7) is 12.3. The van der Waals surface area contributed by atoms with Gasteiger partial charge in [-0.15, -0.1) is 0 Å². The van der Waals surface area contributed by atoms with E-state index in [1.54, 1.807) is 33.8 Å². The number of hydrogen-bond acceptors (Lipinski definition) is 11.